The van der Waals surface area contributed by atoms with Gasteiger partial charge in [0.05, 0.1) is 11.9 Å². The molecule has 1 atom stereocenters. The van der Waals surface area contributed by atoms with Crippen LogP contribution < -0.4 is 4.31 Å². The van der Waals surface area contributed by atoms with E-state index >= 15 is 0 Å². The smallest absolute Gasteiger partial charge is 0.246 e. The summed E-state index contributed by atoms with van der Waals surface area (Å²) in [4.78, 5) is 14.3. The fourth-order valence-electron chi connectivity index (χ4n) is 2.64. The summed E-state index contributed by atoms with van der Waals surface area (Å²) >= 11 is 5.87. The molecule has 0 aliphatic heterocycles. The molecular formula is C18H21ClN2O3S. The van der Waals surface area contributed by atoms with Crippen LogP contribution >= 0.6 is 11.6 Å². The Labute approximate surface area is 153 Å². The van der Waals surface area contributed by atoms with E-state index < -0.39 is 16.1 Å². The van der Waals surface area contributed by atoms with Crippen molar-refractivity contribution in [1.82, 2.24) is 4.90 Å². The van der Waals surface area contributed by atoms with E-state index in [1.54, 1.807) is 38.2 Å². The lowest BCUT2D eigenvalue weighted by Gasteiger charge is -2.31. The Morgan fingerprint density at radius 1 is 1.08 bits per heavy atom. The van der Waals surface area contributed by atoms with Crippen molar-refractivity contribution in [3.05, 3.63) is 65.2 Å². The zero-order chi connectivity index (χ0) is 18.6. The lowest BCUT2D eigenvalue weighted by atomic mass is 10.2. The third-order valence-corrected chi connectivity index (χ3v) is 5.28. The molecule has 0 bridgehead atoms. The summed E-state index contributed by atoms with van der Waals surface area (Å²) in [6.45, 7) is 1.99. The number of halogens is 1. The molecule has 25 heavy (non-hydrogen) atoms. The summed E-state index contributed by atoms with van der Waals surface area (Å²) < 4.78 is 25.6. The first-order valence-electron chi connectivity index (χ1n) is 7.74. The molecule has 0 aromatic heterocycles. The van der Waals surface area contributed by atoms with Gasteiger partial charge in [-0.1, -0.05) is 41.9 Å². The van der Waals surface area contributed by atoms with Gasteiger partial charge in [-0.15, -0.1) is 0 Å². The number of amides is 1. The molecule has 5 nitrogen and oxygen atoms in total. The van der Waals surface area contributed by atoms with Crippen LogP contribution in [-0.2, 0) is 21.4 Å². The van der Waals surface area contributed by atoms with E-state index in [-0.39, 0.29) is 5.91 Å². The summed E-state index contributed by atoms with van der Waals surface area (Å²) in [6.07, 6.45) is 1.09. The van der Waals surface area contributed by atoms with Crippen LogP contribution in [0.1, 0.15) is 12.5 Å². The summed E-state index contributed by atoms with van der Waals surface area (Å²) in [5, 5.41) is 0.498. The predicted octanol–water partition coefficient (Wildman–Crippen LogP) is 3.15. The molecule has 0 spiro atoms. The lowest BCUT2D eigenvalue weighted by molar-refractivity contribution is -0.131. The van der Waals surface area contributed by atoms with Gasteiger partial charge >= 0.3 is 0 Å². The molecule has 0 saturated heterocycles. The summed E-state index contributed by atoms with van der Waals surface area (Å²) in [5.74, 6) is -0.288. The highest BCUT2D eigenvalue weighted by Gasteiger charge is 2.30. The lowest BCUT2D eigenvalue weighted by Crippen LogP contribution is -2.48. The molecule has 134 valence electrons. The van der Waals surface area contributed by atoms with Crippen molar-refractivity contribution in [1.29, 1.82) is 0 Å². The van der Waals surface area contributed by atoms with Gasteiger partial charge < -0.3 is 4.90 Å². The van der Waals surface area contributed by atoms with Crippen LogP contribution in [0.3, 0.4) is 0 Å². The second kappa shape index (κ2) is 7.89. The van der Waals surface area contributed by atoms with E-state index in [1.807, 2.05) is 30.3 Å². The average Bonchev–Trinajstić information content (AvgIpc) is 2.55. The number of anilines is 1. The van der Waals surface area contributed by atoms with Gasteiger partial charge in [0.25, 0.3) is 0 Å². The van der Waals surface area contributed by atoms with Gasteiger partial charge in [-0.2, -0.15) is 0 Å². The molecule has 2 aromatic carbocycles. The number of sulfonamides is 1. The topological polar surface area (TPSA) is 57.7 Å². The second-order valence-corrected chi connectivity index (χ2v) is 8.19. The molecule has 2 aromatic rings. The first-order chi connectivity index (χ1) is 11.7. The number of likely N-dealkylation sites (N-methyl/N-ethyl adjacent to an activating group) is 1. The molecule has 0 aliphatic carbocycles. The number of hydrogen-bond acceptors (Lipinski definition) is 3. The highest BCUT2D eigenvalue weighted by atomic mass is 35.5. The van der Waals surface area contributed by atoms with Crippen molar-refractivity contribution < 1.29 is 13.2 Å². The Morgan fingerprint density at radius 2 is 1.64 bits per heavy atom. The van der Waals surface area contributed by atoms with Gasteiger partial charge in [-0.05, 0) is 36.8 Å². The molecule has 0 unspecified atom stereocenters. The molecule has 2 rings (SSSR count). The minimum atomic E-state index is -3.64. The largest absolute Gasteiger partial charge is 0.340 e. The second-order valence-electron chi connectivity index (χ2n) is 5.89. The number of carbonyl (C=O) groups is 1. The SMILES string of the molecule is C[C@@H](C(=O)N(C)Cc1ccccc1)N(c1ccc(Cl)cc1)S(C)(=O)=O. The molecule has 0 radical (unpaired) electrons. The van der Waals surface area contributed by atoms with Crippen molar-refractivity contribution in [2.24, 2.45) is 0 Å². The zero-order valence-corrected chi connectivity index (χ0v) is 16.0. The monoisotopic (exact) mass is 380 g/mol. The van der Waals surface area contributed by atoms with E-state index in [2.05, 4.69) is 0 Å². The van der Waals surface area contributed by atoms with E-state index in [0.717, 1.165) is 16.1 Å². The van der Waals surface area contributed by atoms with Crippen LogP contribution in [0.2, 0.25) is 5.02 Å². The van der Waals surface area contributed by atoms with Crippen molar-refractivity contribution in [3.8, 4) is 0 Å². The van der Waals surface area contributed by atoms with Gasteiger partial charge in [-0.3, -0.25) is 9.10 Å². The van der Waals surface area contributed by atoms with Crippen LogP contribution in [0, 0.1) is 0 Å². The maximum absolute atomic E-state index is 12.8. The number of carbonyl (C=O) groups excluding carboxylic acids is 1. The molecule has 0 fully saturated rings. The Balaban J connectivity index is 2.25. The quantitative estimate of drug-likeness (QED) is 0.773. The Bertz CT molecular complexity index is 823. The van der Waals surface area contributed by atoms with E-state index in [0.29, 0.717) is 17.3 Å². The predicted molar refractivity (Wildman–Crippen MR) is 101 cm³/mol. The zero-order valence-electron chi connectivity index (χ0n) is 14.4. The van der Waals surface area contributed by atoms with Crippen LogP contribution in [0.15, 0.2) is 54.6 Å². The highest BCUT2D eigenvalue weighted by molar-refractivity contribution is 7.92. The molecule has 0 heterocycles. The molecule has 0 N–H and O–H groups in total. The normalized spacial score (nSPS) is 12.5. The molecule has 0 saturated carbocycles. The minimum absolute atomic E-state index is 0.288. The van der Waals surface area contributed by atoms with Crippen LogP contribution in [0.5, 0.6) is 0 Å². The van der Waals surface area contributed by atoms with Gasteiger partial charge in [-0.25, -0.2) is 8.42 Å². The molecule has 0 aliphatic rings. The van der Waals surface area contributed by atoms with Crippen molar-refractivity contribution in [3.63, 3.8) is 0 Å². The number of rotatable bonds is 6. The standard InChI is InChI=1S/C18H21ClN2O3S/c1-14(18(22)20(2)13-15-7-5-4-6-8-15)21(25(3,23)24)17-11-9-16(19)10-12-17/h4-12,14H,13H2,1-3H3/t14-/m0/s1. The number of hydrogen-bond donors (Lipinski definition) is 0. The third kappa shape index (κ3) is 4.96. The number of nitrogens with zero attached hydrogens (tertiary/aromatic N) is 2. The maximum atomic E-state index is 12.8. The highest BCUT2D eigenvalue weighted by Crippen LogP contribution is 2.23. The Kier molecular flexibility index (Phi) is 6.08. The van der Waals surface area contributed by atoms with E-state index in [9.17, 15) is 13.2 Å². The first-order valence-corrected chi connectivity index (χ1v) is 9.96. The maximum Gasteiger partial charge on any atom is 0.246 e. The van der Waals surface area contributed by atoms with Crippen LogP contribution in [0.25, 0.3) is 0 Å². The Morgan fingerprint density at radius 3 is 2.16 bits per heavy atom. The third-order valence-electron chi connectivity index (χ3n) is 3.79. The van der Waals surface area contributed by atoms with Crippen molar-refractivity contribution >= 4 is 33.2 Å². The molecular weight excluding hydrogens is 360 g/mol. The summed E-state index contributed by atoms with van der Waals surface area (Å²) in [5.41, 5.74) is 1.38. The first kappa shape index (κ1) is 19.3. The fourth-order valence-corrected chi connectivity index (χ4v) is 3.94. The average molecular weight is 381 g/mol. The molecule has 7 heteroatoms. The van der Waals surface area contributed by atoms with Gasteiger partial charge in [0.1, 0.15) is 6.04 Å². The van der Waals surface area contributed by atoms with Gasteiger partial charge in [0.15, 0.2) is 0 Å². The van der Waals surface area contributed by atoms with Crippen molar-refractivity contribution in [2.45, 2.75) is 19.5 Å². The number of benzene rings is 2. The fraction of sp³-hybridized carbons (Fsp3) is 0.278. The van der Waals surface area contributed by atoms with Crippen LogP contribution in [-0.4, -0.2) is 38.6 Å². The molecule has 1 amide bonds. The van der Waals surface area contributed by atoms with Crippen molar-refractivity contribution in [2.75, 3.05) is 17.6 Å². The van der Waals surface area contributed by atoms with Gasteiger partial charge in [0.2, 0.25) is 15.9 Å². The van der Waals surface area contributed by atoms with Gasteiger partial charge in [0, 0.05) is 18.6 Å². The minimum Gasteiger partial charge on any atom is -0.340 e. The summed E-state index contributed by atoms with van der Waals surface area (Å²) in [6, 6.07) is 15.0. The van der Waals surface area contributed by atoms with E-state index in [4.69, 9.17) is 11.6 Å². The van der Waals surface area contributed by atoms with Crippen LogP contribution in [0.4, 0.5) is 5.69 Å². The Hall–Kier alpha value is -2.05. The van der Waals surface area contributed by atoms with E-state index in [1.165, 1.54) is 4.90 Å². The summed E-state index contributed by atoms with van der Waals surface area (Å²) in [7, 11) is -1.98.